The molecule has 0 unspecified atom stereocenters. The van der Waals surface area contributed by atoms with Crippen molar-refractivity contribution in [3.05, 3.63) is 81.9 Å². The van der Waals surface area contributed by atoms with Crippen molar-refractivity contribution < 1.29 is 9.90 Å². The first-order valence-electron chi connectivity index (χ1n) is 7.78. The molecule has 6 heteroatoms. The summed E-state index contributed by atoms with van der Waals surface area (Å²) in [6.07, 6.45) is 0. The van der Waals surface area contributed by atoms with Gasteiger partial charge in [-0.2, -0.15) is 0 Å². The van der Waals surface area contributed by atoms with Gasteiger partial charge < -0.3 is 5.11 Å². The highest BCUT2D eigenvalue weighted by atomic mass is 35.5. The number of aromatic carboxylic acids is 1. The quantitative estimate of drug-likeness (QED) is 0.761. The summed E-state index contributed by atoms with van der Waals surface area (Å²) >= 11 is 6.23. The topological polar surface area (TPSA) is 67.5 Å². The molecule has 0 aliphatic carbocycles. The van der Waals surface area contributed by atoms with Gasteiger partial charge in [0, 0.05) is 16.1 Å². The number of aromatic nitrogens is 2. The zero-order valence-corrected chi connectivity index (χ0v) is 14.2. The average Bonchev–Trinajstić information content (AvgIpc) is 2.83. The van der Waals surface area contributed by atoms with E-state index in [2.05, 4.69) is 4.98 Å². The molecular weight excluding hydrogens is 338 g/mol. The molecule has 0 atom stereocenters. The van der Waals surface area contributed by atoms with Gasteiger partial charge in [0.25, 0.3) is 0 Å². The fourth-order valence-electron chi connectivity index (χ4n) is 3.19. The summed E-state index contributed by atoms with van der Waals surface area (Å²) in [6, 6.07) is 15.3. The van der Waals surface area contributed by atoms with Crippen molar-refractivity contribution in [2.24, 2.45) is 4.99 Å². The van der Waals surface area contributed by atoms with Crippen LogP contribution in [0, 0.1) is 6.92 Å². The predicted octanol–water partition coefficient (Wildman–Crippen LogP) is 3.88. The molecule has 0 fully saturated rings. The van der Waals surface area contributed by atoms with Crippen LogP contribution in [0.25, 0.3) is 5.69 Å². The zero-order chi connectivity index (χ0) is 17.6. The first-order chi connectivity index (χ1) is 12.1. The molecule has 0 spiro atoms. The lowest BCUT2D eigenvalue weighted by Crippen LogP contribution is -2.08. The lowest BCUT2D eigenvalue weighted by atomic mass is 10.0. The van der Waals surface area contributed by atoms with E-state index in [9.17, 15) is 9.90 Å². The summed E-state index contributed by atoms with van der Waals surface area (Å²) in [5, 5.41) is 10.1. The van der Waals surface area contributed by atoms with Crippen LogP contribution in [0.2, 0.25) is 5.02 Å². The van der Waals surface area contributed by atoms with Gasteiger partial charge in [0.1, 0.15) is 5.82 Å². The Labute approximate surface area is 149 Å². The molecule has 1 N–H and O–H groups in total. The zero-order valence-electron chi connectivity index (χ0n) is 13.4. The Bertz CT molecular complexity index is 1020. The van der Waals surface area contributed by atoms with Gasteiger partial charge in [-0.25, -0.2) is 9.78 Å². The Balaban J connectivity index is 2.03. The first kappa shape index (κ1) is 15.6. The Morgan fingerprint density at radius 2 is 1.96 bits per heavy atom. The third-order valence-corrected chi connectivity index (χ3v) is 4.47. The predicted molar refractivity (Wildman–Crippen MR) is 96.1 cm³/mol. The molecule has 2 aromatic carbocycles. The van der Waals surface area contributed by atoms with Gasteiger partial charge in [0.15, 0.2) is 5.69 Å². The molecule has 0 amide bonds. The first-order valence-corrected chi connectivity index (χ1v) is 8.15. The van der Waals surface area contributed by atoms with Gasteiger partial charge in [0.05, 0.1) is 23.6 Å². The second kappa shape index (κ2) is 5.86. The van der Waals surface area contributed by atoms with Crippen molar-refractivity contribution in [2.75, 3.05) is 0 Å². The van der Waals surface area contributed by atoms with E-state index in [4.69, 9.17) is 16.6 Å². The number of halogens is 1. The van der Waals surface area contributed by atoms with E-state index in [0.29, 0.717) is 16.5 Å². The number of aliphatic imine (C=N–C) groups is 1. The van der Waals surface area contributed by atoms with Gasteiger partial charge in [-0.3, -0.25) is 9.56 Å². The average molecular weight is 352 g/mol. The minimum atomic E-state index is -1.05. The van der Waals surface area contributed by atoms with Crippen molar-refractivity contribution in [2.45, 2.75) is 13.5 Å². The normalized spacial score (nSPS) is 12.8. The standard InChI is InChI=1S/C19H14ClN3O2/c1-11-22-18(19(24)25)16-10-21-17(12-5-3-2-4-6-12)14-9-13(20)7-8-15(14)23(11)16/h2-9H,10H2,1H3,(H,24,25). The molecule has 1 aliphatic heterocycles. The van der Waals surface area contributed by atoms with Crippen LogP contribution in [-0.4, -0.2) is 26.3 Å². The Hall–Kier alpha value is -2.92. The maximum absolute atomic E-state index is 11.6. The monoisotopic (exact) mass is 351 g/mol. The van der Waals surface area contributed by atoms with Gasteiger partial charge in [-0.05, 0) is 25.1 Å². The number of carboxylic acids is 1. The molecule has 25 heavy (non-hydrogen) atoms. The molecule has 0 bridgehead atoms. The maximum Gasteiger partial charge on any atom is 0.356 e. The van der Waals surface area contributed by atoms with Crippen molar-refractivity contribution in [3.63, 3.8) is 0 Å². The molecular formula is C19H14ClN3O2. The van der Waals surface area contributed by atoms with Crippen LogP contribution in [-0.2, 0) is 6.54 Å². The van der Waals surface area contributed by atoms with E-state index in [1.165, 1.54) is 0 Å². The van der Waals surface area contributed by atoms with Gasteiger partial charge >= 0.3 is 5.97 Å². The summed E-state index contributed by atoms with van der Waals surface area (Å²) in [7, 11) is 0. The number of aryl methyl sites for hydroxylation is 1. The fraction of sp³-hybridized carbons (Fsp3) is 0.105. The number of benzene rings is 2. The minimum Gasteiger partial charge on any atom is -0.476 e. The molecule has 5 nitrogen and oxygen atoms in total. The van der Waals surface area contributed by atoms with E-state index < -0.39 is 5.97 Å². The van der Waals surface area contributed by atoms with Crippen LogP contribution in [0.4, 0.5) is 0 Å². The molecule has 3 aromatic rings. The summed E-state index contributed by atoms with van der Waals surface area (Å²) in [5.41, 5.74) is 4.04. The largest absolute Gasteiger partial charge is 0.476 e. The highest BCUT2D eigenvalue weighted by Gasteiger charge is 2.26. The van der Waals surface area contributed by atoms with E-state index in [1.54, 1.807) is 13.0 Å². The Kier molecular flexibility index (Phi) is 3.66. The smallest absolute Gasteiger partial charge is 0.356 e. The van der Waals surface area contributed by atoms with E-state index in [-0.39, 0.29) is 12.2 Å². The van der Waals surface area contributed by atoms with E-state index in [1.807, 2.05) is 47.0 Å². The molecule has 4 rings (SSSR count). The van der Waals surface area contributed by atoms with Crippen LogP contribution in [0.3, 0.4) is 0 Å². The fourth-order valence-corrected chi connectivity index (χ4v) is 3.36. The van der Waals surface area contributed by atoms with Crippen LogP contribution in [0.15, 0.2) is 53.5 Å². The summed E-state index contributed by atoms with van der Waals surface area (Å²) in [4.78, 5) is 20.5. The SMILES string of the molecule is Cc1nc(C(=O)O)c2n1-c1ccc(Cl)cc1C(c1ccccc1)=NC2. The van der Waals surface area contributed by atoms with Crippen LogP contribution >= 0.6 is 11.6 Å². The van der Waals surface area contributed by atoms with E-state index in [0.717, 1.165) is 22.5 Å². The molecule has 124 valence electrons. The minimum absolute atomic E-state index is 0.0384. The highest BCUT2D eigenvalue weighted by Crippen LogP contribution is 2.30. The summed E-state index contributed by atoms with van der Waals surface area (Å²) in [6.45, 7) is 2.03. The van der Waals surface area contributed by atoms with Gasteiger partial charge in [0.2, 0.25) is 0 Å². The number of carbonyl (C=O) groups is 1. The number of fused-ring (bicyclic) bond motifs is 3. The molecule has 1 aromatic heterocycles. The Morgan fingerprint density at radius 3 is 2.68 bits per heavy atom. The number of hydrogen-bond donors (Lipinski definition) is 1. The van der Waals surface area contributed by atoms with Crippen molar-refractivity contribution in [1.82, 2.24) is 9.55 Å². The second-order valence-corrected chi connectivity index (χ2v) is 6.22. The van der Waals surface area contributed by atoms with Gasteiger partial charge in [-0.15, -0.1) is 0 Å². The number of nitrogens with zero attached hydrogens (tertiary/aromatic N) is 3. The third-order valence-electron chi connectivity index (χ3n) is 4.23. The van der Waals surface area contributed by atoms with E-state index >= 15 is 0 Å². The van der Waals surface area contributed by atoms with Gasteiger partial charge in [-0.1, -0.05) is 41.9 Å². The number of rotatable bonds is 2. The highest BCUT2D eigenvalue weighted by molar-refractivity contribution is 6.31. The van der Waals surface area contributed by atoms with Crippen LogP contribution < -0.4 is 0 Å². The maximum atomic E-state index is 11.6. The molecule has 0 saturated heterocycles. The second-order valence-electron chi connectivity index (χ2n) is 5.79. The van der Waals surface area contributed by atoms with Crippen molar-refractivity contribution in [1.29, 1.82) is 0 Å². The number of hydrogen-bond acceptors (Lipinski definition) is 3. The Morgan fingerprint density at radius 1 is 1.20 bits per heavy atom. The molecule has 1 aliphatic rings. The molecule has 0 saturated carbocycles. The number of carboxylic acid groups (broad SMARTS) is 1. The lowest BCUT2D eigenvalue weighted by molar-refractivity contribution is 0.0689. The third kappa shape index (κ3) is 2.53. The van der Waals surface area contributed by atoms with Crippen LogP contribution in [0.5, 0.6) is 0 Å². The molecule has 0 radical (unpaired) electrons. The van der Waals surface area contributed by atoms with Crippen molar-refractivity contribution >= 4 is 23.3 Å². The molecule has 2 heterocycles. The van der Waals surface area contributed by atoms with Crippen LogP contribution in [0.1, 0.15) is 33.1 Å². The summed E-state index contributed by atoms with van der Waals surface area (Å²) in [5.74, 6) is -0.439. The van der Waals surface area contributed by atoms with Crippen molar-refractivity contribution in [3.8, 4) is 5.69 Å². The summed E-state index contributed by atoms with van der Waals surface area (Å²) < 4.78 is 1.86. The lowest BCUT2D eigenvalue weighted by Gasteiger charge is -2.13. The number of imidazole rings is 1.